The van der Waals surface area contributed by atoms with Gasteiger partial charge in [0.2, 0.25) is 5.91 Å². The Hall–Kier alpha value is -3.65. The van der Waals surface area contributed by atoms with Gasteiger partial charge < -0.3 is 25.4 Å². The lowest BCUT2D eigenvalue weighted by atomic mass is 9.98. The number of carbonyl (C=O) groups is 3. The number of hydrogen-bond acceptors (Lipinski definition) is 5. The maximum atomic E-state index is 12.7. The summed E-state index contributed by atoms with van der Waals surface area (Å²) < 4.78 is 5.51. The van der Waals surface area contributed by atoms with E-state index in [1.807, 2.05) is 67.5 Å². The van der Waals surface area contributed by atoms with Crippen molar-refractivity contribution in [3.8, 4) is 11.1 Å². The predicted octanol–water partition coefficient (Wildman–Crippen LogP) is 2.99. The highest BCUT2D eigenvalue weighted by atomic mass is 16.5. The molecule has 3 rings (SSSR count). The second-order valence-electron chi connectivity index (χ2n) is 8.54. The van der Waals surface area contributed by atoms with Crippen molar-refractivity contribution in [1.82, 2.24) is 15.5 Å². The van der Waals surface area contributed by atoms with Crippen LogP contribution in [0, 0.1) is 0 Å². The monoisotopic (exact) mass is 465 g/mol. The lowest BCUT2D eigenvalue weighted by Gasteiger charge is -2.22. The number of amides is 2. The van der Waals surface area contributed by atoms with Crippen molar-refractivity contribution in [2.45, 2.75) is 30.8 Å². The second-order valence-corrected chi connectivity index (χ2v) is 8.54. The first kappa shape index (κ1) is 25.0. The van der Waals surface area contributed by atoms with Crippen molar-refractivity contribution in [2.75, 3.05) is 27.2 Å². The van der Waals surface area contributed by atoms with E-state index in [-0.39, 0.29) is 25.4 Å². The number of benzene rings is 2. The molecule has 0 radical (unpaired) electrons. The van der Waals surface area contributed by atoms with E-state index in [9.17, 15) is 19.5 Å². The van der Waals surface area contributed by atoms with Crippen molar-refractivity contribution in [3.63, 3.8) is 0 Å². The number of nitrogens with one attached hydrogen (secondary N) is 2. The van der Waals surface area contributed by atoms with Gasteiger partial charge in [0, 0.05) is 12.5 Å². The molecule has 2 atom stereocenters. The normalized spacial score (nSPS) is 14.0. The van der Waals surface area contributed by atoms with E-state index in [0.29, 0.717) is 6.54 Å². The molecule has 180 valence electrons. The van der Waals surface area contributed by atoms with Crippen molar-refractivity contribution >= 4 is 18.0 Å². The van der Waals surface area contributed by atoms with Gasteiger partial charge in [-0.05, 0) is 49.2 Å². The first-order valence-electron chi connectivity index (χ1n) is 11.2. The van der Waals surface area contributed by atoms with Crippen LogP contribution in [0.25, 0.3) is 11.1 Å². The Bertz CT molecular complexity index is 1010. The van der Waals surface area contributed by atoms with Crippen LogP contribution in [0.1, 0.15) is 29.9 Å². The maximum Gasteiger partial charge on any atom is 0.407 e. The van der Waals surface area contributed by atoms with Crippen LogP contribution in [0.15, 0.2) is 61.2 Å². The highest BCUT2D eigenvalue weighted by Crippen LogP contribution is 2.44. The zero-order chi connectivity index (χ0) is 24.7. The van der Waals surface area contributed by atoms with Gasteiger partial charge in [0.1, 0.15) is 18.7 Å². The molecular formula is C26H31N3O5. The van der Waals surface area contributed by atoms with Crippen LogP contribution in [0.3, 0.4) is 0 Å². The lowest BCUT2D eigenvalue weighted by molar-refractivity contribution is -0.142. The van der Waals surface area contributed by atoms with Crippen LogP contribution in [0.5, 0.6) is 0 Å². The standard InChI is InChI=1S/C26H31N3O5/c1-4-9-22(24(30)27-23(25(31)32)14-15-29(2)3)28-26(33)34-16-21-19-12-7-5-10-17(19)18-11-6-8-13-20(18)21/h4-8,10-13,21-23H,1,9,14-16H2,2-3H3,(H,27,30)(H,28,33)(H,31,32). The van der Waals surface area contributed by atoms with E-state index < -0.39 is 30.1 Å². The van der Waals surface area contributed by atoms with Crippen LogP contribution in [-0.2, 0) is 14.3 Å². The highest BCUT2D eigenvalue weighted by molar-refractivity contribution is 5.89. The molecule has 0 fully saturated rings. The van der Waals surface area contributed by atoms with Crippen molar-refractivity contribution in [1.29, 1.82) is 0 Å². The predicted molar refractivity (Wildman–Crippen MR) is 130 cm³/mol. The van der Waals surface area contributed by atoms with Gasteiger partial charge in [-0.25, -0.2) is 9.59 Å². The summed E-state index contributed by atoms with van der Waals surface area (Å²) in [6, 6.07) is 14.0. The van der Waals surface area contributed by atoms with E-state index in [4.69, 9.17) is 4.74 Å². The van der Waals surface area contributed by atoms with Gasteiger partial charge in [0.05, 0.1) is 0 Å². The van der Waals surface area contributed by atoms with Gasteiger partial charge >= 0.3 is 12.1 Å². The molecule has 1 aliphatic rings. The number of alkyl carbamates (subject to hydrolysis) is 1. The Morgan fingerprint density at radius 3 is 2.15 bits per heavy atom. The molecule has 0 bridgehead atoms. The summed E-state index contributed by atoms with van der Waals surface area (Å²) in [6.07, 6.45) is 1.11. The third kappa shape index (κ3) is 6.02. The minimum atomic E-state index is -1.13. The molecule has 3 N–H and O–H groups in total. The molecule has 0 saturated carbocycles. The van der Waals surface area contributed by atoms with Crippen LogP contribution >= 0.6 is 0 Å². The zero-order valence-electron chi connectivity index (χ0n) is 19.5. The molecule has 8 nitrogen and oxygen atoms in total. The Labute approximate surface area is 199 Å². The summed E-state index contributed by atoms with van der Waals surface area (Å²) in [4.78, 5) is 38.7. The van der Waals surface area contributed by atoms with E-state index in [1.54, 1.807) is 0 Å². The summed E-state index contributed by atoms with van der Waals surface area (Å²) in [5.41, 5.74) is 4.41. The number of rotatable bonds is 11. The summed E-state index contributed by atoms with van der Waals surface area (Å²) in [7, 11) is 3.64. The number of nitrogens with zero attached hydrogens (tertiary/aromatic N) is 1. The van der Waals surface area contributed by atoms with Crippen molar-refractivity contribution < 1.29 is 24.2 Å². The van der Waals surface area contributed by atoms with Gasteiger partial charge in [-0.2, -0.15) is 0 Å². The van der Waals surface area contributed by atoms with Crippen LogP contribution in [0.4, 0.5) is 4.79 Å². The van der Waals surface area contributed by atoms with E-state index in [1.165, 1.54) is 6.08 Å². The Kier molecular flexibility index (Phi) is 8.43. The molecule has 2 aromatic carbocycles. The fraction of sp³-hybridized carbons (Fsp3) is 0.346. The smallest absolute Gasteiger partial charge is 0.407 e. The third-order valence-corrected chi connectivity index (χ3v) is 5.83. The molecule has 1 aliphatic carbocycles. The second kappa shape index (κ2) is 11.5. The number of hydrogen-bond donors (Lipinski definition) is 3. The fourth-order valence-electron chi connectivity index (χ4n) is 4.10. The average Bonchev–Trinajstić information content (AvgIpc) is 3.13. The summed E-state index contributed by atoms with van der Waals surface area (Å²) in [6.45, 7) is 4.23. The Morgan fingerprint density at radius 1 is 1.03 bits per heavy atom. The van der Waals surface area contributed by atoms with E-state index in [0.717, 1.165) is 22.3 Å². The van der Waals surface area contributed by atoms with Gasteiger partial charge in [-0.15, -0.1) is 6.58 Å². The van der Waals surface area contributed by atoms with Gasteiger partial charge in [0.15, 0.2) is 0 Å². The average molecular weight is 466 g/mol. The maximum absolute atomic E-state index is 12.7. The molecule has 2 unspecified atom stereocenters. The number of ether oxygens (including phenoxy) is 1. The first-order valence-corrected chi connectivity index (χ1v) is 11.2. The number of carboxylic acids is 1. The van der Waals surface area contributed by atoms with Crippen molar-refractivity contribution in [3.05, 3.63) is 72.3 Å². The summed E-state index contributed by atoms with van der Waals surface area (Å²) >= 11 is 0. The molecule has 2 amide bonds. The molecule has 0 aromatic heterocycles. The topological polar surface area (TPSA) is 108 Å². The number of fused-ring (bicyclic) bond motifs is 3. The van der Waals surface area contributed by atoms with Crippen molar-refractivity contribution in [2.24, 2.45) is 0 Å². The fourth-order valence-corrected chi connectivity index (χ4v) is 4.10. The molecular weight excluding hydrogens is 434 g/mol. The molecule has 34 heavy (non-hydrogen) atoms. The third-order valence-electron chi connectivity index (χ3n) is 5.83. The van der Waals surface area contributed by atoms with E-state index in [2.05, 4.69) is 17.2 Å². The first-order chi connectivity index (χ1) is 16.3. The quantitative estimate of drug-likeness (QED) is 0.441. The zero-order valence-corrected chi connectivity index (χ0v) is 19.5. The highest BCUT2D eigenvalue weighted by Gasteiger charge is 2.30. The van der Waals surface area contributed by atoms with Gasteiger partial charge in [0.25, 0.3) is 0 Å². The molecule has 0 heterocycles. The number of aliphatic carboxylic acids is 1. The molecule has 2 aromatic rings. The SMILES string of the molecule is C=CCC(NC(=O)OCC1c2ccccc2-c2ccccc21)C(=O)NC(CCN(C)C)C(=O)O. The van der Waals surface area contributed by atoms with Crippen LogP contribution < -0.4 is 10.6 Å². The molecule has 0 spiro atoms. The van der Waals surface area contributed by atoms with Gasteiger partial charge in [-0.3, -0.25) is 4.79 Å². The van der Waals surface area contributed by atoms with Crippen LogP contribution in [-0.4, -0.2) is 67.3 Å². The summed E-state index contributed by atoms with van der Waals surface area (Å²) in [5.74, 6) is -1.83. The minimum Gasteiger partial charge on any atom is -0.480 e. The summed E-state index contributed by atoms with van der Waals surface area (Å²) in [5, 5.41) is 14.5. The largest absolute Gasteiger partial charge is 0.480 e. The Balaban J connectivity index is 1.62. The van der Waals surface area contributed by atoms with Crippen LogP contribution in [0.2, 0.25) is 0 Å². The lowest BCUT2D eigenvalue weighted by Crippen LogP contribution is -2.52. The Morgan fingerprint density at radius 2 is 1.62 bits per heavy atom. The molecule has 8 heteroatoms. The van der Waals surface area contributed by atoms with E-state index >= 15 is 0 Å². The number of carbonyl (C=O) groups excluding carboxylic acids is 2. The van der Waals surface area contributed by atoms with Gasteiger partial charge in [-0.1, -0.05) is 54.6 Å². The molecule has 0 aliphatic heterocycles. The number of carboxylic acid groups (broad SMARTS) is 1. The molecule has 0 saturated heterocycles. The minimum absolute atomic E-state index is 0.104.